The number of Topliss-reactive ketones (excluding diaryl/α,β-unsaturated/α-hetero) is 1. The van der Waals surface area contributed by atoms with Crippen molar-refractivity contribution in [2.24, 2.45) is 0 Å². The third kappa shape index (κ3) is 5.69. The quantitative estimate of drug-likeness (QED) is 0.449. The molecular formula is C21H20N2O5S. The number of ether oxygens (including phenoxy) is 2. The van der Waals surface area contributed by atoms with Crippen molar-refractivity contribution in [3.05, 3.63) is 59.1 Å². The van der Waals surface area contributed by atoms with Gasteiger partial charge in [0.15, 0.2) is 6.10 Å². The van der Waals surface area contributed by atoms with Crippen LogP contribution in [0.4, 0.5) is 5.69 Å². The first kappa shape index (κ1) is 20.6. The Morgan fingerprint density at radius 3 is 2.52 bits per heavy atom. The SMILES string of the molecule is CC(=O)Nc1ccc(C(=O)[C@@H](C)OC(=O)COCc2nc3ccccc3s2)cc1. The molecule has 29 heavy (non-hydrogen) atoms. The van der Waals surface area contributed by atoms with Crippen LogP contribution in [0.1, 0.15) is 29.2 Å². The predicted molar refractivity (Wildman–Crippen MR) is 110 cm³/mol. The summed E-state index contributed by atoms with van der Waals surface area (Å²) in [6.45, 7) is 2.84. The highest BCUT2D eigenvalue weighted by molar-refractivity contribution is 7.18. The molecule has 3 aromatic rings. The number of carbonyl (C=O) groups is 3. The minimum Gasteiger partial charge on any atom is -0.453 e. The van der Waals surface area contributed by atoms with Gasteiger partial charge in [-0.05, 0) is 43.3 Å². The van der Waals surface area contributed by atoms with Crippen molar-refractivity contribution < 1.29 is 23.9 Å². The van der Waals surface area contributed by atoms with E-state index >= 15 is 0 Å². The van der Waals surface area contributed by atoms with Gasteiger partial charge in [-0.3, -0.25) is 9.59 Å². The number of anilines is 1. The maximum Gasteiger partial charge on any atom is 0.332 e. The second-order valence-corrected chi connectivity index (χ2v) is 7.44. The van der Waals surface area contributed by atoms with E-state index in [-0.39, 0.29) is 24.9 Å². The molecule has 0 saturated heterocycles. The minimum atomic E-state index is -0.944. The number of hydrogen-bond donors (Lipinski definition) is 1. The predicted octanol–water partition coefficient (Wildman–Crippen LogP) is 3.59. The van der Waals surface area contributed by atoms with Crippen LogP contribution in [0.25, 0.3) is 10.2 Å². The number of benzene rings is 2. The van der Waals surface area contributed by atoms with Gasteiger partial charge in [0, 0.05) is 18.2 Å². The normalized spacial score (nSPS) is 11.8. The second-order valence-electron chi connectivity index (χ2n) is 6.32. The number of amides is 1. The second kappa shape index (κ2) is 9.40. The van der Waals surface area contributed by atoms with Gasteiger partial charge >= 0.3 is 5.97 Å². The Hall–Kier alpha value is -3.10. The van der Waals surface area contributed by atoms with Crippen molar-refractivity contribution in [1.82, 2.24) is 4.98 Å². The molecule has 1 amide bonds. The molecule has 0 unspecified atom stereocenters. The van der Waals surface area contributed by atoms with Crippen molar-refractivity contribution in [3.63, 3.8) is 0 Å². The van der Waals surface area contributed by atoms with Crippen molar-refractivity contribution in [2.75, 3.05) is 11.9 Å². The summed E-state index contributed by atoms with van der Waals surface area (Å²) in [5.41, 5.74) is 1.86. The van der Waals surface area contributed by atoms with Crippen LogP contribution in [0, 0.1) is 0 Å². The molecule has 0 spiro atoms. The summed E-state index contributed by atoms with van der Waals surface area (Å²) >= 11 is 1.50. The number of rotatable bonds is 8. The zero-order chi connectivity index (χ0) is 20.8. The molecule has 0 fully saturated rings. The summed E-state index contributed by atoms with van der Waals surface area (Å²) in [6.07, 6.45) is -0.944. The molecule has 2 aromatic carbocycles. The van der Waals surface area contributed by atoms with Gasteiger partial charge in [-0.25, -0.2) is 9.78 Å². The van der Waals surface area contributed by atoms with E-state index in [2.05, 4.69) is 10.3 Å². The molecule has 0 aliphatic carbocycles. The fourth-order valence-electron chi connectivity index (χ4n) is 2.64. The van der Waals surface area contributed by atoms with Gasteiger partial charge in [0.05, 0.1) is 16.8 Å². The molecular weight excluding hydrogens is 392 g/mol. The van der Waals surface area contributed by atoms with Gasteiger partial charge in [0.1, 0.15) is 11.6 Å². The first-order chi connectivity index (χ1) is 13.9. The lowest BCUT2D eigenvalue weighted by Gasteiger charge is -2.12. The van der Waals surface area contributed by atoms with Crippen molar-refractivity contribution in [1.29, 1.82) is 0 Å². The number of para-hydroxylation sites is 1. The summed E-state index contributed by atoms with van der Waals surface area (Å²) < 4.78 is 11.6. The molecule has 1 atom stereocenters. The highest BCUT2D eigenvalue weighted by Crippen LogP contribution is 2.22. The number of carbonyl (C=O) groups excluding carboxylic acids is 3. The van der Waals surface area contributed by atoms with Crippen molar-refractivity contribution in [3.8, 4) is 0 Å². The lowest BCUT2D eigenvalue weighted by molar-refractivity contribution is -0.152. The number of aromatic nitrogens is 1. The van der Waals surface area contributed by atoms with Crippen LogP contribution in [-0.4, -0.2) is 35.4 Å². The molecule has 1 aromatic heterocycles. The van der Waals surface area contributed by atoms with Crippen LogP contribution < -0.4 is 5.32 Å². The molecule has 0 aliphatic heterocycles. The van der Waals surface area contributed by atoms with Crippen LogP contribution in [0.15, 0.2) is 48.5 Å². The Balaban J connectivity index is 1.46. The van der Waals surface area contributed by atoms with Gasteiger partial charge in [0.2, 0.25) is 11.7 Å². The molecule has 0 bridgehead atoms. The Morgan fingerprint density at radius 2 is 1.83 bits per heavy atom. The smallest absolute Gasteiger partial charge is 0.332 e. The Labute approximate surface area is 171 Å². The monoisotopic (exact) mass is 412 g/mol. The zero-order valence-corrected chi connectivity index (χ0v) is 16.8. The molecule has 8 heteroatoms. The maximum absolute atomic E-state index is 12.4. The summed E-state index contributed by atoms with van der Waals surface area (Å²) in [5, 5.41) is 3.39. The first-order valence-electron chi connectivity index (χ1n) is 8.96. The standard InChI is InChI=1S/C21H20N2O5S/c1-13(21(26)15-7-9-16(10-8-15)22-14(2)24)28-20(25)12-27-11-19-23-17-5-3-4-6-18(17)29-19/h3-10,13H,11-12H2,1-2H3,(H,22,24)/t13-/m1/s1. The largest absolute Gasteiger partial charge is 0.453 e. The number of nitrogens with one attached hydrogen (secondary N) is 1. The average molecular weight is 412 g/mol. The third-order valence-corrected chi connectivity index (χ3v) is 4.96. The van der Waals surface area contributed by atoms with Crippen molar-refractivity contribution >= 4 is 44.9 Å². The van der Waals surface area contributed by atoms with E-state index in [9.17, 15) is 14.4 Å². The van der Waals surface area contributed by atoms with Crippen LogP contribution in [0.2, 0.25) is 0 Å². The van der Waals surface area contributed by atoms with E-state index in [1.807, 2.05) is 24.3 Å². The number of thiazole rings is 1. The van der Waals surface area contributed by atoms with Crippen LogP contribution in [0.5, 0.6) is 0 Å². The Morgan fingerprint density at radius 1 is 1.10 bits per heavy atom. The fraction of sp³-hybridized carbons (Fsp3) is 0.238. The van der Waals surface area contributed by atoms with Crippen LogP contribution in [0.3, 0.4) is 0 Å². The third-order valence-electron chi connectivity index (χ3n) is 3.95. The zero-order valence-electron chi connectivity index (χ0n) is 16.0. The van der Waals surface area contributed by atoms with Crippen LogP contribution >= 0.6 is 11.3 Å². The van der Waals surface area contributed by atoms with Crippen LogP contribution in [-0.2, 0) is 25.7 Å². The lowest BCUT2D eigenvalue weighted by Crippen LogP contribution is -2.26. The Kier molecular flexibility index (Phi) is 6.69. The minimum absolute atomic E-state index is 0.196. The summed E-state index contributed by atoms with van der Waals surface area (Å²) in [5.74, 6) is -1.15. The molecule has 150 valence electrons. The summed E-state index contributed by atoms with van der Waals surface area (Å²) in [7, 11) is 0. The van der Waals surface area contributed by atoms with Gasteiger partial charge in [-0.1, -0.05) is 12.1 Å². The van der Waals surface area contributed by atoms with E-state index in [1.165, 1.54) is 25.2 Å². The molecule has 1 heterocycles. The maximum atomic E-state index is 12.4. The van der Waals surface area contributed by atoms with Gasteiger partial charge < -0.3 is 14.8 Å². The van der Waals surface area contributed by atoms with E-state index in [0.717, 1.165) is 15.2 Å². The molecule has 0 aliphatic rings. The molecule has 0 radical (unpaired) electrons. The van der Waals surface area contributed by atoms with E-state index in [4.69, 9.17) is 9.47 Å². The summed E-state index contributed by atoms with van der Waals surface area (Å²) in [6, 6.07) is 14.1. The van der Waals surface area contributed by atoms with Crippen molar-refractivity contribution in [2.45, 2.75) is 26.6 Å². The summed E-state index contributed by atoms with van der Waals surface area (Å²) in [4.78, 5) is 39.8. The van der Waals surface area contributed by atoms with E-state index < -0.39 is 12.1 Å². The lowest BCUT2D eigenvalue weighted by atomic mass is 10.1. The van der Waals surface area contributed by atoms with Gasteiger partial charge in [0.25, 0.3) is 0 Å². The number of fused-ring (bicyclic) bond motifs is 1. The fourth-order valence-corrected chi connectivity index (χ4v) is 3.55. The van der Waals surface area contributed by atoms with Gasteiger partial charge in [-0.2, -0.15) is 0 Å². The molecule has 3 rings (SSSR count). The highest BCUT2D eigenvalue weighted by atomic mass is 32.1. The number of hydrogen-bond acceptors (Lipinski definition) is 7. The Bertz CT molecular complexity index is 996. The molecule has 7 nitrogen and oxygen atoms in total. The average Bonchev–Trinajstić information content (AvgIpc) is 3.10. The van der Waals surface area contributed by atoms with Gasteiger partial charge in [-0.15, -0.1) is 11.3 Å². The molecule has 1 N–H and O–H groups in total. The van der Waals surface area contributed by atoms with E-state index in [0.29, 0.717) is 11.3 Å². The number of ketones is 1. The first-order valence-corrected chi connectivity index (χ1v) is 9.77. The highest BCUT2D eigenvalue weighted by Gasteiger charge is 2.19. The number of esters is 1. The molecule has 0 saturated carbocycles. The topological polar surface area (TPSA) is 94.6 Å². The number of nitrogens with zero attached hydrogens (tertiary/aromatic N) is 1. The van der Waals surface area contributed by atoms with E-state index in [1.54, 1.807) is 24.3 Å².